The number of benzene rings is 1. The summed E-state index contributed by atoms with van der Waals surface area (Å²) in [7, 11) is 2.52. The Morgan fingerprint density at radius 3 is 2.59 bits per heavy atom. The van der Waals surface area contributed by atoms with Gasteiger partial charge in [-0.15, -0.1) is 11.3 Å². The normalized spacial score (nSPS) is 11.3. The molecule has 29 heavy (non-hydrogen) atoms. The van der Waals surface area contributed by atoms with Crippen molar-refractivity contribution in [3.05, 3.63) is 57.9 Å². The summed E-state index contributed by atoms with van der Waals surface area (Å²) in [5.74, 6) is -0.855. The fourth-order valence-electron chi connectivity index (χ4n) is 2.40. The SMILES string of the molecule is COC(=O)c1cc2sc(N(C)C(=O)Nc3cccc(C(F)(F)F)c3)cc2oc1=O. The molecule has 0 fully saturated rings. The number of hydrogen-bond donors (Lipinski definition) is 1. The highest BCUT2D eigenvalue weighted by molar-refractivity contribution is 7.22. The molecular weight excluding hydrogens is 413 g/mol. The molecule has 0 aliphatic carbocycles. The Kier molecular flexibility index (Phi) is 5.33. The largest absolute Gasteiger partial charge is 0.465 e. The number of esters is 1. The zero-order chi connectivity index (χ0) is 21.3. The highest BCUT2D eigenvalue weighted by Gasteiger charge is 2.30. The highest BCUT2D eigenvalue weighted by atomic mass is 32.1. The van der Waals surface area contributed by atoms with Gasteiger partial charge in [-0.25, -0.2) is 14.4 Å². The van der Waals surface area contributed by atoms with Crippen molar-refractivity contribution >= 4 is 44.3 Å². The highest BCUT2D eigenvalue weighted by Crippen LogP contribution is 2.33. The van der Waals surface area contributed by atoms with Crippen LogP contribution in [0.4, 0.5) is 28.7 Å². The fourth-order valence-corrected chi connectivity index (χ4v) is 3.39. The molecule has 1 aromatic carbocycles. The summed E-state index contributed by atoms with van der Waals surface area (Å²) >= 11 is 1.05. The van der Waals surface area contributed by atoms with E-state index in [0.717, 1.165) is 35.5 Å². The van der Waals surface area contributed by atoms with Gasteiger partial charge in [0.05, 0.1) is 17.4 Å². The number of rotatable bonds is 3. The van der Waals surface area contributed by atoms with Crippen molar-refractivity contribution in [1.29, 1.82) is 0 Å². The van der Waals surface area contributed by atoms with Gasteiger partial charge in [-0.3, -0.25) is 4.90 Å². The smallest absolute Gasteiger partial charge is 0.416 e. The number of thiophene rings is 1. The van der Waals surface area contributed by atoms with E-state index in [2.05, 4.69) is 10.1 Å². The van der Waals surface area contributed by atoms with Crippen LogP contribution in [0.1, 0.15) is 15.9 Å². The third-order valence-corrected chi connectivity index (χ3v) is 5.03. The molecule has 2 heterocycles. The maximum absolute atomic E-state index is 12.8. The Morgan fingerprint density at radius 2 is 1.93 bits per heavy atom. The van der Waals surface area contributed by atoms with Crippen LogP contribution in [-0.2, 0) is 10.9 Å². The number of carbonyl (C=O) groups excluding carboxylic acids is 2. The molecule has 3 rings (SSSR count). The van der Waals surface area contributed by atoms with E-state index in [1.54, 1.807) is 0 Å². The molecule has 2 aromatic heterocycles. The van der Waals surface area contributed by atoms with Gasteiger partial charge in [0.2, 0.25) is 0 Å². The van der Waals surface area contributed by atoms with Crippen LogP contribution in [0.2, 0.25) is 0 Å². The summed E-state index contributed by atoms with van der Waals surface area (Å²) in [6, 6.07) is 6.22. The van der Waals surface area contributed by atoms with Gasteiger partial charge >= 0.3 is 23.8 Å². The number of carbonyl (C=O) groups is 2. The van der Waals surface area contributed by atoms with Crippen LogP contribution in [0, 0.1) is 0 Å². The summed E-state index contributed by atoms with van der Waals surface area (Å²) in [4.78, 5) is 37.0. The predicted octanol–water partition coefficient (Wildman–Crippen LogP) is 4.33. The summed E-state index contributed by atoms with van der Waals surface area (Å²) in [6.45, 7) is 0. The van der Waals surface area contributed by atoms with Gasteiger partial charge in [-0.1, -0.05) is 6.07 Å². The predicted molar refractivity (Wildman–Crippen MR) is 101 cm³/mol. The minimum absolute atomic E-state index is 0.0303. The van der Waals surface area contributed by atoms with Crippen LogP contribution >= 0.6 is 11.3 Å². The molecule has 0 spiro atoms. The van der Waals surface area contributed by atoms with Gasteiger partial charge in [-0.2, -0.15) is 13.2 Å². The van der Waals surface area contributed by atoms with Crippen molar-refractivity contribution in [2.45, 2.75) is 6.18 Å². The number of fused-ring (bicyclic) bond motifs is 1. The third-order valence-electron chi connectivity index (χ3n) is 3.89. The van der Waals surface area contributed by atoms with E-state index in [1.165, 1.54) is 31.3 Å². The van der Waals surface area contributed by atoms with Crippen LogP contribution in [-0.4, -0.2) is 26.2 Å². The van der Waals surface area contributed by atoms with Crippen LogP contribution in [0.25, 0.3) is 10.3 Å². The summed E-state index contributed by atoms with van der Waals surface area (Å²) < 4.78 is 48.4. The molecule has 0 saturated heterocycles. The number of hydrogen-bond acceptors (Lipinski definition) is 6. The number of nitrogens with zero attached hydrogens (tertiary/aromatic N) is 1. The van der Waals surface area contributed by atoms with E-state index in [9.17, 15) is 27.6 Å². The van der Waals surface area contributed by atoms with Crippen LogP contribution in [0.15, 0.2) is 45.6 Å². The molecule has 2 amide bonds. The Hall–Kier alpha value is -3.34. The first-order chi connectivity index (χ1) is 13.6. The molecule has 0 aliphatic heterocycles. The van der Waals surface area contributed by atoms with Crippen molar-refractivity contribution < 1.29 is 31.9 Å². The molecule has 3 aromatic rings. The van der Waals surface area contributed by atoms with Gasteiger partial charge in [0.1, 0.15) is 10.6 Å². The number of urea groups is 1. The zero-order valence-corrected chi connectivity index (χ0v) is 15.8. The topological polar surface area (TPSA) is 88.8 Å². The van der Waals surface area contributed by atoms with E-state index >= 15 is 0 Å². The second kappa shape index (κ2) is 7.59. The van der Waals surface area contributed by atoms with Crippen molar-refractivity contribution in [3.8, 4) is 0 Å². The van der Waals surface area contributed by atoms with Gasteiger partial charge < -0.3 is 14.5 Å². The lowest BCUT2D eigenvalue weighted by atomic mass is 10.2. The second-order valence-corrected chi connectivity index (χ2v) is 6.88. The van der Waals surface area contributed by atoms with E-state index < -0.39 is 29.4 Å². The van der Waals surface area contributed by atoms with Gasteiger partial charge in [0, 0.05) is 18.8 Å². The maximum atomic E-state index is 12.8. The van der Waals surface area contributed by atoms with Crippen LogP contribution < -0.4 is 15.8 Å². The Morgan fingerprint density at radius 1 is 1.21 bits per heavy atom. The first-order valence-electron chi connectivity index (χ1n) is 7.98. The van der Waals surface area contributed by atoms with Crippen LogP contribution in [0.5, 0.6) is 0 Å². The van der Waals surface area contributed by atoms with Crippen molar-refractivity contribution in [2.75, 3.05) is 24.4 Å². The molecule has 0 radical (unpaired) electrons. The lowest BCUT2D eigenvalue weighted by Crippen LogP contribution is -2.30. The average Bonchev–Trinajstić information content (AvgIpc) is 3.08. The number of halogens is 3. The Bertz CT molecular complexity index is 1150. The maximum Gasteiger partial charge on any atom is 0.416 e. The molecule has 0 aliphatic rings. The number of methoxy groups -OCH3 is 1. The standard InChI is InChI=1S/C18H13F3N2O5S/c1-23(17(26)22-10-5-3-4-9(6-10)18(19,20)21)14-8-12-13(29-14)7-11(15(24)27-2)16(25)28-12/h3-8H,1-2H3,(H,22,26). The minimum atomic E-state index is -4.53. The number of amides is 2. The number of nitrogens with one attached hydrogen (secondary N) is 1. The average molecular weight is 426 g/mol. The molecule has 0 saturated carbocycles. The van der Waals surface area contributed by atoms with Gasteiger partial charge in [-0.05, 0) is 24.3 Å². The first-order valence-corrected chi connectivity index (χ1v) is 8.80. The van der Waals surface area contributed by atoms with E-state index in [-0.39, 0.29) is 16.8 Å². The minimum Gasteiger partial charge on any atom is -0.465 e. The number of anilines is 2. The molecule has 11 heteroatoms. The monoisotopic (exact) mass is 426 g/mol. The number of ether oxygens (including phenoxy) is 1. The number of alkyl halides is 3. The molecule has 152 valence electrons. The van der Waals surface area contributed by atoms with E-state index in [0.29, 0.717) is 9.70 Å². The summed E-state index contributed by atoms with van der Waals surface area (Å²) in [6.07, 6.45) is -4.53. The van der Waals surface area contributed by atoms with Gasteiger partial charge in [0.15, 0.2) is 5.58 Å². The second-order valence-electron chi connectivity index (χ2n) is 5.82. The Balaban J connectivity index is 1.85. The summed E-state index contributed by atoms with van der Waals surface area (Å²) in [5.41, 5.74) is -1.94. The molecule has 1 N–H and O–H groups in total. The zero-order valence-electron chi connectivity index (χ0n) is 15.0. The molecule has 0 unspecified atom stereocenters. The molecule has 0 bridgehead atoms. The fraction of sp³-hybridized carbons (Fsp3) is 0.167. The molecular formula is C18H13F3N2O5S. The van der Waals surface area contributed by atoms with Crippen molar-refractivity contribution in [1.82, 2.24) is 0 Å². The van der Waals surface area contributed by atoms with Crippen molar-refractivity contribution in [3.63, 3.8) is 0 Å². The Labute approximate surface area is 165 Å². The quantitative estimate of drug-likeness (QED) is 0.630. The van der Waals surface area contributed by atoms with Gasteiger partial charge in [0.25, 0.3) is 0 Å². The molecule has 7 nitrogen and oxygen atoms in total. The third kappa shape index (κ3) is 4.24. The van der Waals surface area contributed by atoms with E-state index in [4.69, 9.17) is 4.42 Å². The van der Waals surface area contributed by atoms with E-state index in [1.807, 2.05) is 0 Å². The molecule has 0 atom stereocenters. The lowest BCUT2D eigenvalue weighted by Gasteiger charge is -2.16. The first kappa shape index (κ1) is 20.4. The summed E-state index contributed by atoms with van der Waals surface area (Å²) in [5, 5.41) is 2.72. The van der Waals surface area contributed by atoms with Crippen molar-refractivity contribution in [2.24, 2.45) is 0 Å². The van der Waals surface area contributed by atoms with Crippen LogP contribution in [0.3, 0.4) is 0 Å². The lowest BCUT2D eigenvalue weighted by molar-refractivity contribution is -0.137.